The summed E-state index contributed by atoms with van der Waals surface area (Å²) < 4.78 is 5.97. The largest absolute Gasteiger partial charge is 0.504 e. The zero-order valence-corrected chi connectivity index (χ0v) is 20.2. The van der Waals surface area contributed by atoms with Crippen molar-refractivity contribution in [1.29, 1.82) is 0 Å². The van der Waals surface area contributed by atoms with Crippen LogP contribution in [-0.2, 0) is 9.59 Å². The summed E-state index contributed by atoms with van der Waals surface area (Å²) in [7, 11) is 0. The van der Waals surface area contributed by atoms with E-state index >= 15 is 0 Å². The maximum atomic E-state index is 12.7. The van der Waals surface area contributed by atoms with E-state index in [1.807, 2.05) is 54.6 Å². The number of carbonyl (C=O) groups is 3. The van der Waals surface area contributed by atoms with Gasteiger partial charge in [0.15, 0.2) is 11.5 Å². The Hall–Kier alpha value is -2.53. The van der Waals surface area contributed by atoms with Crippen molar-refractivity contribution in [2.24, 2.45) is 0 Å². The number of ether oxygens (including phenoxy) is 1. The normalized spacial score (nSPS) is 15.0. The fourth-order valence-corrected chi connectivity index (χ4v) is 4.40. The number of nitrogens with one attached hydrogen (secondary N) is 1. The molecule has 0 radical (unpaired) electrons. The van der Waals surface area contributed by atoms with E-state index < -0.39 is 17.1 Å². The van der Waals surface area contributed by atoms with E-state index in [4.69, 9.17) is 4.74 Å². The summed E-state index contributed by atoms with van der Waals surface area (Å²) in [5.74, 6) is -0.661. The lowest BCUT2D eigenvalue weighted by Gasteiger charge is -2.14. The smallest absolute Gasteiger partial charge is 0.294 e. The van der Waals surface area contributed by atoms with Gasteiger partial charge in [0.2, 0.25) is 5.91 Å². The van der Waals surface area contributed by atoms with Gasteiger partial charge in [-0.2, -0.15) is 0 Å². The molecule has 0 aromatic heterocycles. The summed E-state index contributed by atoms with van der Waals surface area (Å²) in [4.78, 5) is 38.7. The third kappa shape index (κ3) is 5.40. The van der Waals surface area contributed by atoms with E-state index in [-0.39, 0.29) is 17.2 Å². The Kier molecular flexibility index (Phi) is 7.26. The third-order valence-electron chi connectivity index (χ3n) is 4.49. The van der Waals surface area contributed by atoms with Crippen LogP contribution in [0, 0.1) is 17.4 Å². The number of nitrogens with zero attached hydrogens (tertiary/aromatic N) is 1. The molecule has 0 spiro atoms. The Balaban J connectivity index is 1.76. The molecule has 1 fully saturated rings. The third-order valence-corrected chi connectivity index (χ3v) is 6.22. The lowest BCUT2D eigenvalue weighted by atomic mass is 10.1. The standard InChI is InChI=1S/C22H21IN2O5S/c1-4-30-17-9-14(8-15(23)20(17)27)10-18-21(28)25(22(29)31-18)11-19(26)24-16-7-12(2)5-6-13(16)3/h5-10,27H,4,11H2,1-3H3,(H,24,26)/b18-10+. The number of benzene rings is 2. The summed E-state index contributed by atoms with van der Waals surface area (Å²) in [5, 5.41) is 12.3. The molecule has 162 valence electrons. The number of aryl methyl sites for hydroxylation is 2. The molecule has 0 aliphatic carbocycles. The maximum absolute atomic E-state index is 12.7. The minimum Gasteiger partial charge on any atom is -0.504 e. The van der Waals surface area contributed by atoms with Crippen molar-refractivity contribution in [2.45, 2.75) is 20.8 Å². The Morgan fingerprint density at radius 2 is 2.00 bits per heavy atom. The summed E-state index contributed by atoms with van der Waals surface area (Å²) >= 11 is 2.74. The SMILES string of the molecule is CCOc1cc(/C=C2/SC(=O)N(CC(=O)Nc3cc(C)ccc3C)C2=O)cc(I)c1O. The van der Waals surface area contributed by atoms with Crippen molar-refractivity contribution in [3.05, 3.63) is 55.5 Å². The number of phenolic OH excluding ortho intramolecular Hbond substituents is 1. The van der Waals surface area contributed by atoms with Gasteiger partial charge in [-0.25, -0.2) is 0 Å². The van der Waals surface area contributed by atoms with Crippen molar-refractivity contribution in [3.8, 4) is 11.5 Å². The van der Waals surface area contributed by atoms with Crippen molar-refractivity contribution in [2.75, 3.05) is 18.5 Å². The van der Waals surface area contributed by atoms with Gasteiger partial charge < -0.3 is 15.2 Å². The van der Waals surface area contributed by atoms with Crippen LogP contribution in [0.15, 0.2) is 35.2 Å². The second kappa shape index (κ2) is 9.73. The molecule has 2 N–H and O–H groups in total. The first kappa shape index (κ1) is 23.1. The van der Waals surface area contributed by atoms with Crippen molar-refractivity contribution < 1.29 is 24.2 Å². The molecule has 9 heteroatoms. The molecule has 0 saturated carbocycles. The van der Waals surface area contributed by atoms with E-state index in [1.54, 1.807) is 25.1 Å². The van der Waals surface area contributed by atoms with Gasteiger partial charge in [-0.1, -0.05) is 12.1 Å². The van der Waals surface area contributed by atoms with Crippen LogP contribution in [0.25, 0.3) is 6.08 Å². The highest BCUT2D eigenvalue weighted by Crippen LogP contribution is 2.36. The fraction of sp³-hybridized carbons (Fsp3) is 0.227. The first-order valence-electron chi connectivity index (χ1n) is 9.47. The number of imide groups is 1. The molecule has 1 heterocycles. The molecule has 0 atom stereocenters. The highest BCUT2D eigenvalue weighted by Gasteiger charge is 2.36. The number of hydrogen-bond acceptors (Lipinski definition) is 6. The van der Waals surface area contributed by atoms with E-state index in [0.717, 1.165) is 27.8 Å². The van der Waals surface area contributed by atoms with Gasteiger partial charge >= 0.3 is 0 Å². The number of halogens is 1. The average molecular weight is 552 g/mol. The topological polar surface area (TPSA) is 95.9 Å². The zero-order chi connectivity index (χ0) is 22.7. The molecule has 2 aromatic rings. The molecule has 7 nitrogen and oxygen atoms in total. The van der Waals surface area contributed by atoms with Gasteiger partial charge in [-0.3, -0.25) is 19.3 Å². The molecule has 1 saturated heterocycles. The van der Waals surface area contributed by atoms with Gasteiger partial charge in [0.1, 0.15) is 6.54 Å². The van der Waals surface area contributed by atoms with Crippen molar-refractivity contribution >= 4 is 63.2 Å². The number of amides is 3. The number of aromatic hydroxyl groups is 1. The molecule has 3 rings (SSSR count). The van der Waals surface area contributed by atoms with Gasteiger partial charge in [0.05, 0.1) is 15.1 Å². The van der Waals surface area contributed by atoms with Crippen molar-refractivity contribution in [1.82, 2.24) is 4.90 Å². The quantitative estimate of drug-likeness (QED) is 0.399. The van der Waals surface area contributed by atoms with Crippen LogP contribution in [0.1, 0.15) is 23.6 Å². The Morgan fingerprint density at radius 3 is 2.71 bits per heavy atom. The summed E-state index contributed by atoms with van der Waals surface area (Å²) in [5.41, 5.74) is 3.13. The highest BCUT2D eigenvalue weighted by atomic mass is 127. The maximum Gasteiger partial charge on any atom is 0.294 e. The second-order valence-electron chi connectivity index (χ2n) is 6.92. The number of thioether (sulfide) groups is 1. The zero-order valence-electron chi connectivity index (χ0n) is 17.2. The van der Waals surface area contributed by atoms with Gasteiger partial charge in [0.25, 0.3) is 11.1 Å². The number of phenols is 1. The van der Waals surface area contributed by atoms with Crippen LogP contribution < -0.4 is 10.1 Å². The monoisotopic (exact) mass is 552 g/mol. The predicted molar refractivity (Wildman–Crippen MR) is 129 cm³/mol. The van der Waals surface area contributed by atoms with E-state index in [0.29, 0.717) is 27.2 Å². The van der Waals surface area contributed by atoms with E-state index in [1.165, 1.54) is 0 Å². The van der Waals surface area contributed by atoms with E-state index in [9.17, 15) is 19.5 Å². The Labute approximate surface area is 198 Å². The van der Waals surface area contributed by atoms with Crippen LogP contribution in [0.5, 0.6) is 11.5 Å². The molecule has 2 aromatic carbocycles. The summed E-state index contributed by atoms with van der Waals surface area (Å²) in [6.07, 6.45) is 1.55. The lowest BCUT2D eigenvalue weighted by Crippen LogP contribution is -2.36. The number of carbonyl (C=O) groups excluding carboxylic acids is 3. The molecule has 1 aliphatic heterocycles. The average Bonchev–Trinajstić information content (AvgIpc) is 2.96. The number of rotatable bonds is 6. The molecule has 0 bridgehead atoms. The minimum absolute atomic E-state index is 0.0239. The lowest BCUT2D eigenvalue weighted by molar-refractivity contribution is -0.127. The summed E-state index contributed by atoms with van der Waals surface area (Å²) in [6, 6.07) is 8.95. The number of hydrogen-bond donors (Lipinski definition) is 2. The van der Waals surface area contributed by atoms with Gasteiger partial charge in [0, 0.05) is 5.69 Å². The fourth-order valence-electron chi connectivity index (χ4n) is 2.93. The first-order chi connectivity index (χ1) is 14.7. The second-order valence-corrected chi connectivity index (χ2v) is 9.07. The van der Waals surface area contributed by atoms with Crippen LogP contribution in [-0.4, -0.2) is 40.2 Å². The van der Waals surface area contributed by atoms with Gasteiger partial charge in [-0.15, -0.1) is 0 Å². The Bertz CT molecular complexity index is 1100. The molecular formula is C22H21IN2O5S. The highest BCUT2D eigenvalue weighted by molar-refractivity contribution is 14.1. The molecule has 0 unspecified atom stereocenters. The molecule has 31 heavy (non-hydrogen) atoms. The van der Waals surface area contributed by atoms with Gasteiger partial charge in [-0.05, 0) is 96.1 Å². The Morgan fingerprint density at radius 1 is 1.26 bits per heavy atom. The predicted octanol–water partition coefficient (Wildman–Crippen LogP) is 4.69. The van der Waals surface area contributed by atoms with Crippen LogP contribution in [0.3, 0.4) is 0 Å². The molecule has 3 amide bonds. The number of anilines is 1. The first-order valence-corrected chi connectivity index (χ1v) is 11.4. The van der Waals surface area contributed by atoms with Crippen LogP contribution >= 0.6 is 34.4 Å². The van der Waals surface area contributed by atoms with Crippen molar-refractivity contribution in [3.63, 3.8) is 0 Å². The van der Waals surface area contributed by atoms with E-state index in [2.05, 4.69) is 5.32 Å². The minimum atomic E-state index is -0.535. The molecular weight excluding hydrogens is 531 g/mol. The van der Waals surface area contributed by atoms with Crippen LogP contribution in [0.2, 0.25) is 0 Å². The molecule has 1 aliphatic rings. The summed E-state index contributed by atoms with van der Waals surface area (Å²) in [6.45, 7) is 5.59. The van der Waals surface area contributed by atoms with Crippen LogP contribution in [0.4, 0.5) is 10.5 Å².